The van der Waals surface area contributed by atoms with Gasteiger partial charge in [0.1, 0.15) is 4.90 Å². The molecule has 1 aromatic rings. The van der Waals surface area contributed by atoms with Crippen LogP contribution in [0, 0.1) is 5.92 Å². The van der Waals surface area contributed by atoms with Crippen molar-refractivity contribution in [3.63, 3.8) is 0 Å². The number of nitrogens with one attached hydrogen (secondary N) is 1. The van der Waals surface area contributed by atoms with Crippen molar-refractivity contribution in [3.05, 3.63) is 23.2 Å². The number of carbonyl (C=O) groups excluding carboxylic acids is 1. The van der Waals surface area contributed by atoms with Crippen LogP contribution in [0.1, 0.15) is 13.8 Å². The first kappa shape index (κ1) is 17.7. The quantitative estimate of drug-likeness (QED) is 0.768. The fraction of sp³-hybridized carbons (Fsp3) is 0.462. The molecule has 0 bridgehead atoms. The van der Waals surface area contributed by atoms with E-state index < -0.39 is 10.0 Å². The van der Waals surface area contributed by atoms with Crippen molar-refractivity contribution in [1.29, 1.82) is 0 Å². The molecule has 0 fully saturated rings. The van der Waals surface area contributed by atoms with Gasteiger partial charge in [0.2, 0.25) is 15.9 Å². The Balaban J connectivity index is 2.85. The maximum absolute atomic E-state index is 12.4. The minimum atomic E-state index is -3.84. The molecule has 0 radical (unpaired) electrons. The number of benzene rings is 1. The highest BCUT2D eigenvalue weighted by atomic mass is 35.5. The second-order valence-corrected chi connectivity index (χ2v) is 7.57. The summed E-state index contributed by atoms with van der Waals surface area (Å²) in [7, 11) is -2.50. The molecule has 6 nitrogen and oxygen atoms in total. The molecule has 0 aliphatic rings. The van der Waals surface area contributed by atoms with Gasteiger partial charge in [-0.05, 0) is 24.1 Å². The van der Waals surface area contributed by atoms with Crippen molar-refractivity contribution in [2.75, 3.05) is 25.9 Å². The largest absolute Gasteiger partial charge is 0.399 e. The van der Waals surface area contributed by atoms with Crippen LogP contribution in [-0.2, 0) is 14.8 Å². The number of rotatable bonds is 6. The maximum Gasteiger partial charge on any atom is 0.244 e. The van der Waals surface area contributed by atoms with Crippen molar-refractivity contribution < 1.29 is 13.2 Å². The fourth-order valence-corrected chi connectivity index (χ4v) is 3.21. The van der Waals surface area contributed by atoms with Crippen molar-refractivity contribution in [2.24, 2.45) is 5.92 Å². The molecule has 0 saturated carbocycles. The van der Waals surface area contributed by atoms with Crippen LogP contribution in [0.5, 0.6) is 0 Å². The van der Waals surface area contributed by atoms with E-state index >= 15 is 0 Å². The lowest BCUT2D eigenvalue weighted by Crippen LogP contribution is -2.39. The third-order valence-corrected chi connectivity index (χ3v) is 5.00. The minimum absolute atomic E-state index is 0.0319. The van der Waals surface area contributed by atoms with Gasteiger partial charge < -0.3 is 11.1 Å². The zero-order valence-corrected chi connectivity index (χ0v) is 13.8. The number of nitrogens with two attached hydrogens (primary N) is 1. The van der Waals surface area contributed by atoms with Gasteiger partial charge in [0.25, 0.3) is 0 Å². The second-order valence-electron chi connectivity index (χ2n) is 5.15. The van der Waals surface area contributed by atoms with Crippen LogP contribution in [0.25, 0.3) is 0 Å². The topological polar surface area (TPSA) is 92.5 Å². The summed E-state index contributed by atoms with van der Waals surface area (Å²) in [5.41, 5.74) is 5.91. The van der Waals surface area contributed by atoms with Gasteiger partial charge >= 0.3 is 0 Å². The Morgan fingerprint density at radius 2 is 2.05 bits per heavy atom. The SMILES string of the molecule is CC(C)CNC(=O)CN(C)S(=O)(=O)c1ccc(N)cc1Cl. The number of likely N-dealkylation sites (N-methyl/N-ethyl adjacent to an activating group) is 1. The molecule has 0 saturated heterocycles. The Labute approximate surface area is 130 Å². The fourth-order valence-electron chi connectivity index (χ4n) is 1.56. The van der Waals surface area contributed by atoms with Crippen molar-refractivity contribution >= 4 is 33.2 Å². The zero-order valence-electron chi connectivity index (χ0n) is 12.3. The summed E-state index contributed by atoms with van der Waals surface area (Å²) >= 11 is 5.91. The van der Waals surface area contributed by atoms with E-state index in [0.717, 1.165) is 4.31 Å². The summed E-state index contributed by atoms with van der Waals surface area (Å²) in [5, 5.41) is 2.69. The molecule has 0 aliphatic heterocycles. The van der Waals surface area contributed by atoms with E-state index in [4.69, 9.17) is 17.3 Å². The number of sulfonamides is 1. The van der Waals surface area contributed by atoms with E-state index in [0.29, 0.717) is 18.2 Å². The summed E-state index contributed by atoms with van der Waals surface area (Å²) in [6, 6.07) is 4.14. The molecule has 0 heterocycles. The molecule has 3 N–H and O–H groups in total. The maximum atomic E-state index is 12.4. The van der Waals surface area contributed by atoms with Crippen molar-refractivity contribution in [1.82, 2.24) is 9.62 Å². The van der Waals surface area contributed by atoms with E-state index in [1.165, 1.54) is 25.2 Å². The van der Waals surface area contributed by atoms with Gasteiger partial charge in [0, 0.05) is 19.3 Å². The highest BCUT2D eigenvalue weighted by Gasteiger charge is 2.25. The van der Waals surface area contributed by atoms with E-state index in [2.05, 4.69) is 5.32 Å². The third kappa shape index (κ3) is 4.87. The zero-order chi connectivity index (χ0) is 16.2. The van der Waals surface area contributed by atoms with Crippen LogP contribution in [0.15, 0.2) is 23.1 Å². The molecule has 21 heavy (non-hydrogen) atoms. The molecule has 0 spiro atoms. The first-order chi connectivity index (χ1) is 9.64. The molecule has 0 unspecified atom stereocenters. The smallest absolute Gasteiger partial charge is 0.244 e. The molecule has 1 aromatic carbocycles. The lowest BCUT2D eigenvalue weighted by Gasteiger charge is -2.18. The normalized spacial score (nSPS) is 11.9. The van der Waals surface area contributed by atoms with Crippen LogP contribution in [0.4, 0.5) is 5.69 Å². The Morgan fingerprint density at radius 1 is 1.43 bits per heavy atom. The Kier molecular flexibility index (Phi) is 6.00. The Hall–Kier alpha value is -1.31. The second kappa shape index (κ2) is 7.11. The average Bonchev–Trinajstić information content (AvgIpc) is 2.35. The molecular weight excluding hydrogens is 314 g/mol. The van der Waals surface area contributed by atoms with Gasteiger partial charge in [-0.1, -0.05) is 25.4 Å². The molecule has 0 atom stereocenters. The van der Waals surface area contributed by atoms with Crippen molar-refractivity contribution in [3.8, 4) is 0 Å². The molecule has 1 rings (SSSR count). The van der Waals surface area contributed by atoms with Gasteiger partial charge in [-0.15, -0.1) is 0 Å². The Morgan fingerprint density at radius 3 is 2.57 bits per heavy atom. The molecule has 118 valence electrons. The van der Waals surface area contributed by atoms with E-state index in [1.807, 2.05) is 13.8 Å². The number of hydrogen-bond acceptors (Lipinski definition) is 4. The van der Waals surface area contributed by atoms with Gasteiger partial charge in [-0.3, -0.25) is 4.79 Å². The number of nitrogen functional groups attached to an aromatic ring is 1. The van der Waals surface area contributed by atoms with Gasteiger partial charge in [-0.25, -0.2) is 8.42 Å². The molecule has 1 amide bonds. The molecule has 8 heteroatoms. The first-order valence-corrected chi connectivity index (χ1v) is 8.24. The number of halogens is 1. The monoisotopic (exact) mass is 333 g/mol. The van der Waals surface area contributed by atoms with Gasteiger partial charge in [0.15, 0.2) is 0 Å². The summed E-state index contributed by atoms with van der Waals surface area (Å²) in [6.45, 7) is 4.13. The predicted molar refractivity (Wildman–Crippen MR) is 83.5 cm³/mol. The summed E-state index contributed by atoms with van der Waals surface area (Å²) in [6.07, 6.45) is 0. The molecular formula is C13H20ClN3O3S. The predicted octanol–water partition coefficient (Wildman–Crippen LogP) is 1.31. The van der Waals surface area contributed by atoms with Crippen LogP contribution >= 0.6 is 11.6 Å². The van der Waals surface area contributed by atoms with Crippen LogP contribution in [0.2, 0.25) is 5.02 Å². The number of nitrogens with zero attached hydrogens (tertiary/aromatic N) is 1. The van der Waals surface area contributed by atoms with Gasteiger partial charge in [-0.2, -0.15) is 4.31 Å². The molecule has 0 aliphatic carbocycles. The van der Waals surface area contributed by atoms with Crippen molar-refractivity contribution in [2.45, 2.75) is 18.7 Å². The first-order valence-electron chi connectivity index (χ1n) is 6.42. The highest BCUT2D eigenvalue weighted by molar-refractivity contribution is 7.89. The standard InChI is InChI=1S/C13H20ClN3O3S/c1-9(2)7-16-13(18)8-17(3)21(19,20)12-5-4-10(15)6-11(12)14/h4-6,9H,7-8,15H2,1-3H3,(H,16,18). The van der Waals surface area contributed by atoms with Gasteiger partial charge in [0.05, 0.1) is 11.6 Å². The average molecular weight is 334 g/mol. The van der Waals surface area contributed by atoms with E-state index in [9.17, 15) is 13.2 Å². The number of amides is 1. The molecule has 0 aromatic heterocycles. The minimum Gasteiger partial charge on any atom is -0.399 e. The summed E-state index contributed by atoms with van der Waals surface area (Å²) < 4.78 is 25.7. The summed E-state index contributed by atoms with van der Waals surface area (Å²) in [5.74, 6) is -0.0660. The number of hydrogen-bond donors (Lipinski definition) is 2. The highest BCUT2D eigenvalue weighted by Crippen LogP contribution is 2.25. The lowest BCUT2D eigenvalue weighted by molar-refractivity contribution is -0.121. The van der Waals surface area contributed by atoms with Crippen LogP contribution in [0.3, 0.4) is 0 Å². The number of anilines is 1. The summed E-state index contributed by atoms with van der Waals surface area (Å²) in [4.78, 5) is 11.6. The number of carbonyl (C=O) groups is 1. The third-order valence-electron chi connectivity index (χ3n) is 2.72. The Bertz CT molecular complexity index is 617. The van der Waals surface area contributed by atoms with Crippen LogP contribution in [-0.4, -0.2) is 38.8 Å². The lowest BCUT2D eigenvalue weighted by atomic mass is 10.2. The van der Waals surface area contributed by atoms with E-state index in [-0.39, 0.29) is 22.4 Å². The van der Waals surface area contributed by atoms with Crippen LogP contribution < -0.4 is 11.1 Å². The van der Waals surface area contributed by atoms with E-state index in [1.54, 1.807) is 0 Å².